The number of hydrogen-bond donors (Lipinski definition) is 1. The highest BCUT2D eigenvalue weighted by Gasteiger charge is 2.21. The van der Waals surface area contributed by atoms with Crippen LogP contribution < -0.4 is 14.4 Å². The Hall–Kier alpha value is -2.92. The minimum atomic E-state index is -3.55. The van der Waals surface area contributed by atoms with Crippen LogP contribution in [0.25, 0.3) is 11.4 Å². The Labute approximate surface area is 194 Å². The minimum absolute atomic E-state index is 0.0855. The van der Waals surface area contributed by atoms with E-state index in [1.54, 1.807) is 24.3 Å². The average Bonchev–Trinajstić information content (AvgIpc) is 3.24. The lowest BCUT2D eigenvalue weighted by molar-refractivity contribution is -0.121. The van der Waals surface area contributed by atoms with E-state index < -0.39 is 10.0 Å². The Bertz CT molecular complexity index is 1180. The Morgan fingerprint density at radius 2 is 2.00 bits per heavy atom. The van der Waals surface area contributed by atoms with Gasteiger partial charge in [0.05, 0.1) is 25.6 Å². The number of methoxy groups -OCH3 is 1. The monoisotopic (exact) mass is 522 g/mol. The molecular weight excluding hydrogens is 500 g/mol. The number of benzene rings is 2. The van der Waals surface area contributed by atoms with Crippen LogP contribution in [-0.2, 0) is 21.4 Å². The smallest absolute Gasteiger partial charge is 0.246 e. The molecule has 0 unspecified atom stereocenters. The molecule has 2 aromatic carbocycles. The molecule has 32 heavy (non-hydrogen) atoms. The van der Waals surface area contributed by atoms with Crippen molar-refractivity contribution in [1.29, 1.82) is 0 Å². The number of aromatic nitrogens is 2. The van der Waals surface area contributed by atoms with Crippen molar-refractivity contribution in [1.82, 2.24) is 15.5 Å². The number of carbonyl (C=O) groups is 1. The molecule has 1 aromatic heterocycles. The van der Waals surface area contributed by atoms with Crippen molar-refractivity contribution >= 4 is 37.5 Å². The highest BCUT2D eigenvalue weighted by molar-refractivity contribution is 9.10. The highest BCUT2D eigenvalue weighted by atomic mass is 79.9. The molecule has 1 heterocycles. The summed E-state index contributed by atoms with van der Waals surface area (Å²) >= 11 is 3.39. The fraction of sp³-hybridized carbons (Fsp3) is 0.286. The van der Waals surface area contributed by atoms with Crippen LogP contribution in [0.5, 0.6) is 5.75 Å². The molecule has 0 bridgehead atoms. The van der Waals surface area contributed by atoms with E-state index in [0.29, 0.717) is 23.7 Å². The SMILES string of the molecule is COc1ccccc1N(CCCC(=O)NCc1nc(-c2cccc(Br)c2)no1)S(C)(=O)=O. The van der Waals surface area contributed by atoms with E-state index in [1.165, 1.54) is 11.4 Å². The molecule has 0 saturated carbocycles. The van der Waals surface area contributed by atoms with E-state index in [-0.39, 0.29) is 31.3 Å². The van der Waals surface area contributed by atoms with E-state index in [4.69, 9.17) is 9.26 Å². The molecule has 9 nitrogen and oxygen atoms in total. The minimum Gasteiger partial charge on any atom is -0.495 e. The van der Waals surface area contributed by atoms with Crippen LogP contribution in [0.1, 0.15) is 18.7 Å². The molecule has 3 aromatic rings. The summed E-state index contributed by atoms with van der Waals surface area (Å²) < 4.78 is 37.1. The van der Waals surface area contributed by atoms with Gasteiger partial charge in [-0.15, -0.1) is 0 Å². The molecule has 0 fully saturated rings. The first-order valence-electron chi connectivity index (χ1n) is 9.74. The van der Waals surface area contributed by atoms with Gasteiger partial charge in [-0.05, 0) is 30.7 Å². The number of hydrogen-bond acceptors (Lipinski definition) is 7. The lowest BCUT2D eigenvalue weighted by Gasteiger charge is -2.24. The summed E-state index contributed by atoms with van der Waals surface area (Å²) in [5.41, 5.74) is 1.22. The number of carbonyl (C=O) groups excluding carboxylic acids is 1. The van der Waals surface area contributed by atoms with Crippen LogP contribution in [0, 0.1) is 0 Å². The number of rotatable bonds is 10. The number of ether oxygens (including phenoxy) is 1. The largest absolute Gasteiger partial charge is 0.495 e. The quantitative estimate of drug-likeness (QED) is 0.433. The maximum atomic E-state index is 12.3. The van der Waals surface area contributed by atoms with Crippen LogP contribution in [-0.4, -0.2) is 44.4 Å². The number of halogens is 1. The summed E-state index contributed by atoms with van der Waals surface area (Å²) in [6.07, 6.45) is 1.58. The van der Waals surface area contributed by atoms with Gasteiger partial charge in [-0.2, -0.15) is 4.98 Å². The van der Waals surface area contributed by atoms with Gasteiger partial charge in [0.1, 0.15) is 5.75 Å². The molecule has 0 spiro atoms. The molecular formula is C21H23BrN4O5S. The topological polar surface area (TPSA) is 115 Å². The van der Waals surface area contributed by atoms with E-state index in [0.717, 1.165) is 16.3 Å². The van der Waals surface area contributed by atoms with Crippen LogP contribution in [0.4, 0.5) is 5.69 Å². The third-order valence-electron chi connectivity index (χ3n) is 4.51. The van der Waals surface area contributed by atoms with Crippen molar-refractivity contribution in [3.05, 3.63) is 58.9 Å². The number of nitrogens with zero attached hydrogens (tertiary/aromatic N) is 3. The zero-order chi connectivity index (χ0) is 23.1. The number of anilines is 1. The molecule has 1 N–H and O–H groups in total. The summed E-state index contributed by atoms with van der Waals surface area (Å²) in [5, 5.41) is 6.64. The molecule has 0 aliphatic rings. The van der Waals surface area contributed by atoms with Crippen molar-refractivity contribution in [2.45, 2.75) is 19.4 Å². The number of amides is 1. The van der Waals surface area contributed by atoms with Gasteiger partial charge in [-0.25, -0.2) is 8.42 Å². The first-order chi connectivity index (χ1) is 15.3. The summed E-state index contributed by atoms with van der Waals surface area (Å²) in [6.45, 7) is 0.225. The second kappa shape index (κ2) is 10.6. The molecule has 0 saturated heterocycles. The third kappa shape index (κ3) is 6.30. The summed E-state index contributed by atoms with van der Waals surface area (Å²) in [6, 6.07) is 14.3. The molecule has 3 rings (SSSR count). The Morgan fingerprint density at radius 1 is 1.22 bits per heavy atom. The first kappa shape index (κ1) is 23.7. The van der Waals surface area contributed by atoms with Gasteiger partial charge in [-0.1, -0.05) is 45.4 Å². The van der Waals surface area contributed by atoms with Gasteiger partial charge in [0, 0.05) is 23.0 Å². The number of sulfonamides is 1. The predicted molar refractivity (Wildman–Crippen MR) is 124 cm³/mol. The van der Waals surface area contributed by atoms with Crippen molar-refractivity contribution in [2.24, 2.45) is 0 Å². The van der Waals surface area contributed by atoms with Crippen molar-refractivity contribution < 1.29 is 22.5 Å². The zero-order valence-corrected chi connectivity index (χ0v) is 20.0. The van der Waals surface area contributed by atoms with E-state index in [1.807, 2.05) is 24.3 Å². The molecule has 0 radical (unpaired) electrons. The molecule has 1 amide bonds. The van der Waals surface area contributed by atoms with Gasteiger partial charge < -0.3 is 14.6 Å². The predicted octanol–water partition coefficient (Wildman–Crippen LogP) is 3.37. The number of para-hydroxylation sites is 2. The maximum Gasteiger partial charge on any atom is 0.246 e. The Kier molecular flexibility index (Phi) is 7.86. The van der Waals surface area contributed by atoms with E-state index in [2.05, 4.69) is 31.4 Å². The third-order valence-corrected chi connectivity index (χ3v) is 6.18. The van der Waals surface area contributed by atoms with Crippen molar-refractivity contribution in [3.8, 4) is 17.1 Å². The van der Waals surface area contributed by atoms with Crippen LogP contribution in [0.3, 0.4) is 0 Å². The lowest BCUT2D eigenvalue weighted by Crippen LogP contribution is -2.32. The Balaban J connectivity index is 1.53. The second-order valence-corrected chi connectivity index (χ2v) is 9.73. The van der Waals surface area contributed by atoms with Crippen LogP contribution in [0.15, 0.2) is 57.5 Å². The van der Waals surface area contributed by atoms with Crippen LogP contribution >= 0.6 is 15.9 Å². The van der Waals surface area contributed by atoms with Crippen molar-refractivity contribution in [2.75, 3.05) is 24.2 Å². The lowest BCUT2D eigenvalue weighted by atomic mass is 10.2. The second-order valence-electron chi connectivity index (χ2n) is 6.91. The average molecular weight is 523 g/mol. The van der Waals surface area contributed by atoms with E-state index in [9.17, 15) is 13.2 Å². The first-order valence-corrected chi connectivity index (χ1v) is 12.4. The van der Waals surface area contributed by atoms with Crippen molar-refractivity contribution in [3.63, 3.8) is 0 Å². The summed E-state index contributed by atoms with van der Waals surface area (Å²) in [7, 11) is -2.07. The van der Waals surface area contributed by atoms with Gasteiger partial charge in [-0.3, -0.25) is 9.10 Å². The normalized spacial score (nSPS) is 11.2. The molecule has 0 aliphatic carbocycles. The molecule has 0 aliphatic heterocycles. The van der Waals surface area contributed by atoms with E-state index >= 15 is 0 Å². The maximum absolute atomic E-state index is 12.3. The molecule has 170 valence electrons. The van der Waals surface area contributed by atoms with Gasteiger partial charge in [0.25, 0.3) is 0 Å². The number of nitrogens with one attached hydrogen (secondary N) is 1. The zero-order valence-electron chi connectivity index (χ0n) is 17.6. The van der Waals surface area contributed by atoms with Crippen LogP contribution in [0.2, 0.25) is 0 Å². The standard InChI is InChI=1S/C21H23BrN4O5S/c1-30-18-10-4-3-9-17(18)26(32(2,28)29)12-6-11-19(27)23-14-20-24-21(25-31-20)15-7-5-8-16(22)13-15/h3-5,7-10,13H,6,11-12,14H2,1-2H3,(H,23,27). The Morgan fingerprint density at radius 3 is 2.72 bits per heavy atom. The summed E-state index contributed by atoms with van der Waals surface area (Å²) in [4.78, 5) is 16.5. The fourth-order valence-electron chi connectivity index (χ4n) is 3.02. The highest BCUT2D eigenvalue weighted by Crippen LogP contribution is 2.29. The fourth-order valence-corrected chi connectivity index (χ4v) is 4.39. The van der Waals surface area contributed by atoms with Gasteiger partial charge >= 0.3 is 0 Å². The summed E-state index contributed by atoms with van der Waals surface area (Å²) in [5.74, 6) is 0.900. The molecule has 0 atom stereocenters. The molecule has 11 heteroatoms. The van der Waals surface area contributed by atoms with Gasteiger partial charge in [0.15, 0.2) is 0 Å². The van der Waals surface area contributed by atoms with Gasteiger partial charge in [0.2, 0.25) is 27.6 Å².